The van der Waals surface area contributed by atoms with Crippen molar-refractivity contribution in [2.45, 2.75) is 116 Å². The molecule has 1 aromatic carbocycles. The minimum Gasteiger partial charge on any atom is -0.411 e. The molecule has 4 fully saturated rings. The zero-order valence-electron chi connectivity index (χ0n) is 25.3. The van der Waals surface area contributed by atoms with E-state index in [0.717, 1.165) is 17.8 Å². The monoisotopic (exact) mass is 570 g/mol. The average Bonchev–Trinajstić information content (AvgIpc) is 2.68. The molecule has 1 unspecified atom stereocenters. The van der Waals surface area contributed by atoms with Crippen LogP contribution in [-0.4, -0.2) is 43.9 Å². The highest BCUT2D eigenvalue weighted by Crippen LogP contribution is 2.72. The Balaban J connectivity index is 1.85. The molecule has 6 rings (SSSR count). The van der Waals surface area contributed by atoms with Crippen LogP contribution in [0.1, 0.15) is 38.5 Å². The van der Waals surface area contributed by atoms with E-state index in [0.29, 0.717) is 5.41 Å². The highest BCUT2D eigenvalue weighted by atomic mass is 29.6. The fourth-order valence-electron chi connectivity index (χ4n) is 10.7. The van der Waals surface area contributed by atoms with Crippen LogP contribution in [0, 0.1) is 23.2 Å². The SMILES string of the molecule is C[Si](C)(C)OC1(C23CC4CC(CC(C4)C2)C3)C([Si](C)(C)c2ccccc2)=C[Si]1([Si](C)(C)C)[Si](C)(C)C. The molecule has 4 saturated carbocycles. The predicted octanol–water partition coefficient (Wildman–Crippen LogP) is 8.25. The van der Waals surface area contributed by atoms with Crippen molar-refractivity contribution in [3.05, 3.63) is 41.2 Å². The zero-order chi connectivity index (χ0) is 26.6. The van der Waals surface area contributed by atoms with E-state index in [1.807, 2.05) is 5.20 Å². The first kappa shape index (κ1) is 27.6. The number of rotatable bonds is 7. The molecule has 200 valence electrons. The molecule has 1 nitrogen and oxygen atoms in total. The van der Waals surface area contributed by atoms with Crippen molar-refractivity contribution in [3.8, 4) is 0 Å². The van der Waals surface area contributed by atoms with Gasteiger partial charge in [0.25, 0.3) is 0 Å². The van der Waals surface area contributed by atoms with Crippen LogP contribution < -0.4 is 5.19 Å². The summed E-state index contributed by atoms with van der Waals surface area (Å²) in [7, 11) is -8.63. The Morgan fingerprint density at radius 3 is 1.53 bits per heavy atom. The lowest BCUT2D eigenvalue weighted by molar-refractivity contribution is -0.122. The lowest BCUT2D eigenvalue weighted by Gasteiger charge is -2.78. The van der Waals surface area contributed by atoms with Crippen molar-refractivity contribution < 1.29 is 4.43 Å². The van der Waals surface area contributed by atoms with Gasteiger partial charge in [0.1, 0.15) is 15.2 Å². The van der Waals surface area contributed by atoms with Crippen molar-refractivity contribution in [2.24, 2.45) is 23.2 Å². The van der Waals surface area contributed by atoms with Crippen LogP contribution in [0.15, 0.2) is 41.2 Å². The second-order valence-electron chi connectivity index (χ2n) is 17.0. The summed E-state index contributed by atoms with van der Waals surface area (Å²) in [5.41, 5.74) is 3.52. The average molecular weight is 571 g/mol. The maximum Gasteiger partial charge on any atom is 0.184 e. The Hall–Kier alpha value is 0.00442. The second-order valence-corrected chi connectivity index (χ2v) is 52.6. The standard InChI is InChI=1S/C30H54OSi5/c1-32(2,3)31-30(29-20-24-17-25(21-29)19-26(18-24)22-29)28(35(10,11)27-15-13-12-14-16-27)23-36(30,33(4,5)6)34(7,8)9/h12-16,23-26H,17-22H2,1-11H3. The minimum atomic E-state index is -1.89. The van der Waals surface area contributed by atoms with E-state index >= 15 is 0 Å². The summed E-state index contributed by atoms with van der Waals surface area (Å²) in [6.07, 6.45) is 9.00. The molecule has 0 aromatic heterocycles. The molecule has 4 aliphatic carbocycles. The van der Waals surface area contributed by atoms with Gasteiger partial charge in [0.2, 0.25) is 0 Å². The molecule has 0 radical (unpaired) electrons. The van der Waals surface area contributed by atoms with Gasteiger partial charge < -0.3 is 4.43 Å². The van der Waals surface area contributed by atoms with E-state index < -0.39 is 38.7 Å². The molecule has 1 aliphatic heterocycles. The molecule has 0 N–H and O–H groups in total. The molecule has 0 saturated heterocycles. The first-order chi connectivity index (χ1) is 16.4. The number of hydrogen-bond acceptors (Lipinski definition) is 1. The third-order valence-corrected chi connectivity index (χ3v) is 54.5. The van der Waals surface area contributed by atoms with Crippen LogP contribution in [0.3, 0.4) is 0 Å². The summed E-state index contributed by atoms with van der Waals surface area (Å²) in [6.45, 7) is 29.6. The molecule has 5 aliphatic rings. The van der Waals surface area contributed by atoms with Gasteiger partial charge in [-0.1, -0.05) is 98.8 Å². The van der Waals surface area contributed by atoms with E-state index in [-0.39, 0.29) is 5.22 Å². The Labute approximate surface area is 227 Å². The van der Waals surface area contributed by atoms with Crippen LogP contribution in [0.25, 0.3) is 0 Å². The van der Waals surface area contributed by atoms with Crippen molar-refractivity contribution in [1.29, 1.82) is 0 Å². The van der Waals surface area contributed by atoms with E-state index in [4.69, 9.17) is 4.43 Å². The lowest BCUT2D eigenvalue weighted by Crippen LogP contribution is -2.94. The lowest BCUT2D eigenvalue weighted by atomic mass is 9.48. The Bertz CT molecular complexity index is 991. The van der Waals surface area contributed by atoms with Gasteiger partial charge in [-0.25, -0.2) is 0 Å². The third kappa shape index (κ3) is 3.70. The van der Waals surface area contributed by atoms with Crippen LogP contribution in [0.4, 0.5) is 0 Å². The van der Waals surface area contributed by atoms with Crippen molar-refractivity contribution in [1.82, 2.24) is 0 Å². The Kier molecular flexibility index (Phi) is 6.32. The van der Waals surface area contributed by atoms with Crippen molar-refractivity contribution in [2.75, 3.05) is 0 Å². The molecule has 0 amide bonds. The molecule has 0 spiro atoms. The van der Waals surface area contributed by atoms with Crippen molar-refractivity contribution in [3.63, 3.8) is 0 Å². The van der Waals surface area contributed by atoms with Crippen molar-refractivity contribution >= 4 is 43.9 Å². The molecule has 1 atom stereocenters. The summed E-state index contributed by atoms with van der Waals surface area (Å²) in [6, 6.07) is 11.7. The first-order valence-corrected chi connectivity index (χ1v) is 32.4. The quantitative estimate of drug-likeness (QED) is 0.300. The molecular formula is C30H54OSi5. The summed E-state index contributed by atoms with van der Waals surface area (Å²) in [5.74, 6) is 2.91. The van der Waals surface area contributed by atoms with Gasteiger partial charge in [-0.15, -0.1) is 0 Å². The number of hydrogen-bond donors (Lipinski definition) is 0. The van der Waals surface area contributed by atoms with E-state index in [2.05, 4.69) is 108 Å². The topological polar surface area (TPSA) is 9.23 Å². The van der Waals surface area contributed by atoms with Gasteiger partial charge in [-0.05, 0) is 81.3 Å². The minimum absolute atomic E-state index is 0.0982. The molecule has 4 bridgehead atoms. The van der Waals surface area contributed by atoms with E-state index in [1.54, 1.807) is 5.19 Å². The van der Waals surface area contributed by atoms with Gasteiger partial charge in [0.15, 0.2) is 8.32 Å². The normalized spacial score (nSPS) is 36.0. The maximum atomic E-state index is 8.17. The van der Waals surface area contributed by atoms with Gasteiger partial charge in [-0.2, -0.15) is 0 Å². The van der Waals surface area contributed by atoms with Gasteiger partial charge >= 0.3 is 0 Å². The zero-order valence-corrected chi connectivity index (χ0v) is 30.3. The fourth-order valence-corrected chi connectivity index (χ4v) is 69.0. The summed E-state index contributed by atoms with van der Waals surface area (Å²) >= 11 is 0. The molecule has 1 aromatic rings. The first-order valence-electron chi connectivity index (χ1n) is 14.9. The maximum absolute atomic E-state index is 8.17. The van der Waals surface area contributed by atoms with Gasteiger partial charge in [0, 0.05) is 15.2 Å². The third-order valence-electron chi connectivity index (χ3n) is 11.1. The second kappa shape index (κ2) is 8.26. The summed E-state index contributed by atoms with van der Waals surface area (Å²) in [4.78, 5) is 0. The molecule has 1 heterocycles. The van der Waals surface area contributed by atoms with Crippen LogP contribution in [-0.2, 0) is 4.43 Å². The summed E-state index contributed by atoms with van der Waals surface area (Å²) in [5, 5.41) is 3.60. The van der Waals surface area contributed by atoms with Gasteiger partial charge in [-0.3, -0.25) is 0 Å². The fraction of sp³-hybridized carbons (Fsp3) is 0.733. The summed E-state index contributed by atoms with van der Waals surface area (Å²) < 4.78 is 8.17. The smallest absolute Gasteiger partial charge is 0.184 e. The molecule has 36 heavy (non-hydrogen) atoms. The predicted molar refractivity (Wildman–Crippen MR) is 172 cm³/mol. The van der Waals surface area contributed by atoms with Crippen LogP contribution in [0.5, 0.6) is 0 Å². The van der Waals surface area contributed by atoms with E-state index in [1.165, 1.54) is 38.5 Å². The Morgan fingerprint density at radius 2 is 1.14 bits per heavy atom. The highest BCUT2D eigenvalue weighted by Gasteiger charge is 2.81. The largest absolute Gasteiger partial charge is 0.411 e. The Morgan fingerprint density at radius 1 is 0.694 bits per heavy atom. The van der Waals surface area contributed by atoms with Crippen LogP contribution >= 0.6 is 0 Å². The van der Waals surface area contributed by atoms with E-state index in [9.17, 15) is 0 Å². The number of benzene rings is 1. The highest BCUT2D eigenvalue weighted by molar-refractivity contribution is 7.72. The molecule has 6 heteroatoms. The molecular weight excluding hydrogens is 517 g/mol. The van der Waals surface area contributed by atoms with Gasteiger partial charge in [0.05, 0.1) is 5.22 Å². The van der Waals surface area contributed by atoms with Crippen LogP contribution in [0.2, 0.25) is 72.0 Å².